The number of amides is 2. The van der Waals surface area contributed by atoms with Crippen molar-refractivity contribution in [1.29, 1.82) is 0 Å². The fourth-order valence-corrected chi connectivity index (χ4v) is 1.88. The van der Waals surface area contributed by atoms with Crippen LogP contribution < -0.4 is 15.6 Å². The molecular weight excluding hydrogens is 402 g/mol. The van der Waals surface area contributed by atoms with E-state index in [2.05, 4.69) is 33.4 Å². The Hall–Kier alpha value is -2.16. The highest BCUT2D eigenvalue weighted by Crippen LogP contribution is 2.10. The summed E-state index contributed by atoms with van der Waals surface area (Å²) in [4.78, 5) is 23.3. The Labute approximate surface area is 140 Å². The molecule has 0 radical (unpaired) electrons. The van der Waals surface area contributed by atoms with Gasteiger partial charge in [0.25, 0.3) is 11.8 Å². The van der Waals surface area contributed by atoms with Crippen molar-refractivity contribution in [3.63, 3.8) is 0 Å². The average Bonchev–Trinajstić information content (AvgIpc) is 2.52. The first-order chi connectivity index (χ1) is 10.5. The second-order valence-corrected chi connectivity index (χ2v) is 5.50. The van der Waals surface area contributed by atoms with E-state index in [1.807, 2.05) is 0 Å². The Morgan fingerprint density at radius 1 is 1.00 bits per heavy atom. The predicted molar refractivity (Wildman–Crippen MR) is 86.7 cm³/mol. The summed E-state index contributed by atoms with van der Waals surface area (Å²) in [6.45, 7) is -0.293. The third-order valence-electron chi connectivity index (χ3n) is 2.61. The van der Waals surface area contributed by atoms with Crippen LogP contribution in [0.1, 0.15) is 10.4 Å². The molecule has 0 aliphatic rings. The lowest BCUT2D eigenvalue weighted by atomic mass is 10.2. The molecule has 0 atom stereocenters. The van der Waals surface area contributed by atoms with Crippen LogP contribution in [0, 0.1) is 9.39 Å². The van der Waals surface area contributed by atoms with Crippen molar-refractivity contribution < 1.29 is 18.7 Å². The van der Waals surface area contributed by atoms with E-state index in [0.717, 1.165) is 3.57 Å². The van der Waals surface area contributed by atoms with Crippen molar-refractivity contribution in [2.75, 3.05) is 6.61 Å². The molecule has 0 bridgehead atoms. The summed E-state index contributed by atoms with van der Waals surface area (Å²) in [5, 5.41) is 0. The van der Waals surface area contributed by atoms with Gasteiger partial charge in [-0.1, -0.05) is 0 Å². The van der Waals surface area contributed by atoms with Gasteiger partial charge in [0.15, 0.2) is 6.61 Å². The van der Waals surface area contributed by atoms with Gasteiger partial charge in [-0.3, -0.25) is 20.4 Å². The van der Waals surface area contributed by atoms with Gasteiger partial charge < -0.3 is 4.74 Å². The summed E-state index contributed by atoms with van der Waals surface area (Å²) in [5.41, 5.74) is 4.95. The zero-order chi connectivity index (χ0) is 15.9. The Bertz CT molecular complexity index is 659. The monoisotopic (exact) mass is 414 g/mol. The maximum Gasteiger partial charge on any atom is 0.276 e. The van der Waals surface area contributed by atoms with Crippen LogP contribution in [0.4, 0.5) is 4.39 Å². The van der Waals surface area contributed by atoms with E-state index in [9.17, 15) is 14.0 Å². The summed E-state index contributed by atoms with van der Waals surface area (Å²) in [7, 11) is 0. The van der Waals surface area contributed by atoms with Gasteiger partial charge in [0.1, 0.15) is 11.6 Å². The second kappa shape index (κ2) is 7.74. The van der Waals surface area contributed by atoms with Gasteiger partial charge in [0.05, 0.1) is 0 Å². The van der Waals surface area contributed by atoms with Gasteiger partial charge in [-0.05, 0) is 71.1 Å². The number of hydrazine groups is 1. The predicted octanol–water partition coefficient (Wildman–Crippen LogP) is 2.27. The standard InChI is InChI=1S/C15H12FIN2O3/c16-11-3-7-13(8-4-11)22-9-14(20)18-19-15(21)10-1-5-12(17)6-2-10/h1-8H,9H2,(H,18,20)(H,19,21). The third-order valence-corrected chi connectivity index (χ3v) is 3.32. The van der Waals surface area contributed by atoms with Gasteiger partial charge >= 0.3 is 0 Å². The Balaban J connectivity index is 1.76. The van der Waals surface area contributed by atoms with Crippen molar-refractivity contribution in [2.24, 2.45) is 0 Å². The molecule has 2 N–H and O–H groups in total. The summed E-state index contributed by atoms with van der Waals surface area (Å²) in [6, 6.07) is 12.2. The van der Waals surface area contributed by atoms with E-state index in [0.29, 0.717) is 11.3 Å². The van der Waals surface area contributed by atoms with Crippen molar-refractivity contribution in [3.8, 4) is 5.75 Å². The molecule has 0 aromatic heterocycles. The minimum Gasteiger partial charge on any atom is -0.484 e. The first-order valence-corrected chi connectivity index (χ1v) is 7.35. The fraction of sp³-hybridized carbons (Fsp3) is 0.0667. The second-order valence-electron chi connectivity index (χ2n) is 4.25. The molecular formula is C15H12FIN2O3. The smallest absolute Gasteiger partial charge is 0.276 e. The van der Waals surface area contributed by atoms with Crippen LogP contribution >= 0.6 is 22.6 Å². The quantitative estimate of drug-likeness (QED) is 0.596. The molecule has 2 amide bonds. The molecule has 0 aliphatic carbocycles. The lowest BCUT2D eigenvalue weighted by Crippen LogP contribution is -2.43. The highest BCUT2D eigenvalue weighted by Gasteiger charge is 2.07. The normalized spacial score (nSPS) is 9.91. The van der Waals surface area contributed by atoms with E-state index < -0.39 is 11.8 Å². The number of carbonyl (C=O) groups is 2. The van der Waals surface area contributed by atoms with E-state index in [1.165, 1.54) is 24.3 Å². The SMILES string of the molecule is O=C(COc1ccc(F)cc1)NNC(=O)c1ccc(I)cc1. The minimum absolute atomic E-state index is 0.293. The largest absolute Gasteiger partial charge is 0.484 e. The summed E-state index contributed by atoms with van der Waals surface area (Å²) >= 11 is 2.13. The first kappa shape index (κ1) is 16.2. The highest BCUT2D eigenvalue weighted by atomic mass is 127. The highest BCUT2D eigenvalue weighted by molar-refractivity contribution is 14.1. The topological polar surface area (TPSA) is 67.4 Å². The Morgan fingerprint density at radius 2 is 1.64 bits per heavy atom. The number of nitrogens with one attached hydrogen (secondary N) is 2. The lowest BCUT2D eigenvalue weighted by Gasteiger charge is -2.09. The third kappa shape index (κ3) is 4.99. The molecule has 5 nitrogen and oxygen atoms in total. The molecule has 2 aromatic carbocycles. The van der Waals surface area contributed by atoms with Crippen molar-refractivity contribution in [2.45, 2.75) is 0 Å². The first-order valence-electron chi connectivity index (χ1n) is 6.28. The van der Waals surface area contributed by atoms with E-state index in [4.69, 9.17) is 4.74 Å². The molecule has 0 fully saturated rings. The van der Waals surface area contributed by atoms with E-state index in [1.54, 1.807) is 24.3 Å². The number of ether oxygens (including phenoxy) is 1. The molecule has 0 spiro atoms. The maximum absolute atomic E-state index is 12.7. The zero-order valence-electron chi connectivity index (χ0n) is 11.3. The molecule has 2 aromatic rings. The molecule has 0 unspecified atom stereocenters. The number of carbonyl (C=O) groups excluding carboxylic acids is 2. The van der Waals surface area contributed by atoms with E-state index in [-0.39, 0.29) is 12.4 Å². The van der Waals surface area contributed by atoms with Crippen LogP contribution in [-0.4, -0.2) is 18.4 Å². The molecule has 2 rings (SSSR count). The number of rotatable bonds is 4. The molecule has 22 heavy (non-hydrogen) atoms. The number of hydrogen-bond donors (Lipinski definition) is 2. The van der Waals surface area contributed by atoms with Gasteiger partial charge in [-0.15, -0.1) is 0 Å². The van der Waals surface area contributed by atoms with Crippen LogP contribution in [0.15, 0.2) is 48.5 Å². The van der Waals surface area contributed by atoms with Gasteiger partial charge in [0, 0.05) is 9.13 Å². The number of benzene rings is 2. The maximum atomic E-state index is 12.7. The minimum atomic E-state index is -0.525. The molecule has 7 heteroatoms. The van der Waals surface area contributed by atoms with Gasteiger partial charge in [-0.25, -0.2) is 4.39 Å². The molecule has 0 aliphatic heterocycles. The van der Waals surface area contributed by atoms with Crippen molar-refractivity contribution in [3.05, 3.63) is 63.5 Å². The number of halogens is 2. The van der Waals surface area contributed by atoms with Crippen LogP contribution in [0.5, 0.6) is 5.75 Å². The van der Waals surface area contributed by atoms with Gasteiger partial charge in [-0.2, -0.15) is 0 Å². The van der Waals surface area contributed by atoms with Crippen LogP contribution in [0.2, 0.25) is 0 Å². The zero-order valence-corrected chi connectivity index (χ0v) is 13.5. The van der Waals surface area contributed by atoms with Crippen molar-refractivity contribution >= 4 is 34.4 Å². The molecule has 0 heterocycles. The molecule has 0 saturated carbocycles. The molecule has 0 saturated heterocycles. The summed E-state index contributed by atoms with van der Waals surface area (Å²) in [5.74, 6) is -0.975. The van der Waals surface area contributed by atoms with Crippen LogP contribution in [0.3, 0.4) is 0 Å². The lowest BCUT2D eigenvalue weighted by molar-refractivity contribution is -0.123. The summed E-state index contributed by atoms with van der Waals surface area (Å²) in [6.07, 6.45) is 0. The van der Waals surface area contributed by atoms with Crippen molar-refractivity contribution in [1.82, 2.24) is 10.9 Å². The van der Waals surface area contributed by atoms with E-state index >= 15 is 0 Å². The molecule has 114 valence electrons. The average molecular weight is 414 g/mol. The van der Waals surface area contributed by atoms with Gasteiger partial charge in [0.2, 0.25) is 0 Å². The Morgan fingerprint density at radius 3 is 2.27 bits per heavy atom. The van der Waals surface area contributed by atoms with Crippen LogP contribution in [-0.2, 0) is 4.79 Å². The Kier molecular flexibility index (Phi) is 5.70. The summed E-state index contributed by atoms with van der Waals surface area (Å²) < 4.78 is 18.8. The van der Waals surface area contributed by atoms with Crippen LogP contribution in [0.25, 0.3) is 0 Å². The number of hydrogen-bond acceptors (Lipinski definition) is 3. The fourth-order valence-electron chi connectivity index (χ4n) is 1.52.